The van der Waals surface area contributed by atoms with E-state index in [0.717, 1.165) is 17.9 Å². The Labute approximate surface area is 111 Å². The Bertz CT molecular complexity index is 363. The predicted octanol–water partition coefficient (Wildman–Crippen LogP) is 2.02. The van der Waals surface area contributed by atoms with Crippen molar-refractivity contribution in [1.82, 2.24) is 20.2 Å². The highest BCUT2D eigenvalue weighted by atomic mass is 15.1. The van der Waals surface area contributed by atoms with E-state index in [1.807, 2.05) is 6.92 Å². The summed E-state index contributed by atoms with van der Waals surface area (Å²) in [4.78, 5) is 10.9. The maximum atomic E-state index is 4.43. The Morgan fingerprint density at radius 1 is 1.17 bits per heavy atom. The van der Waals surface area contributed by atoms with Gasteiger partial charge in [0.25, 0.3) is 0 Å². The average Bonchev–Trinajstić information content (AvgIpc) is 2.27. The number of rotatable bonds is 6. The molecule has 1 aromatic heterocycles. The number of nitrogens with one attached hydrogen (secondary N) is 1. The van der Waals surface area contributed by atoms with E-state index in [1.54, 1.807) is 12.4 Å². The van der Waals surface area contributed by atoms with Gasteiger partial charge in [-0.2, -0.15) is 0 Å². The number of hydrogen-bond donors (Lipinski definition) is 1. The molecule has 1 heterocycles. The van der Waals surface area contributed by atoms with Gasteiger partial charge in [0.05, 0.1) is 11.4 Å². The van der Waals surface area contributed by atoms with Gasteiger partial charge in [-0.25, -0.2) is 0 Å². The first-order valence-corrected chi connectivity index (χ1v) is 6.60. The molecular formula is C14H26N4. The molecule has 0 aliphatic rings. The van der Waals surface area contributed by atoms with Crippen LogP contribution < -0.4 is 5.32 Å². The summed E-state index contributed by atoms with van der Waals surface area (Å²) < 4.78 is 0. The molecule has 0 spiro atoms. The van der Waals surface area contributed by atoms with Crippen LogP contribution >= 0.6 is 0 Å². The fraction of sp³-hybridized carbons (Fsp3) is 0.714. The minimum absolute atomic E-state index is 0.228. The van der Waals surface area contributed by atoms with Crippen LogP contribution in [0.4, 0.5) is 0 Å². The summed E-state index contributed by atoms with van der Waals surface area (Å²) in [6.07, 6.45) is 3.50. The maximum Gasteiger partial charge on any atom is 0.0782 e. The van der Waals surface area contributed by atoms with Gasteiger partial charge < -0.3 is 10.2 Å². The lowest BCUT2D eigenvalue weighted by atomic mass is 10.0. The lowest BCUT2D eigenvalue weighted by Gasteiger charge is -2.29. The van der Waals surface area contributed by atoms with E-state index in [0.29, 0.717) is 12.0 Å². The van der Waals surface area contributed by atoms with Crippen LogP contribution in [0.15, 0.2) is 12.4 Å². The maximum absolute atomic E-state index is 4.43. The molecule has 0 bridgehead atoms. The molecule has 0 aliphatic carbocycles. The molecule has 1 N–H and O–H groups in total. The van der Waals surface area contributed by atoms with Gasteiger partial charge in [-0.1, -0.05) is 13.8 Å². The first kappa shape index (κ1) is 15.1. The van der Waals surface area contributed by atoms with E-state index >= 15 is 0 Å². The van der Waals surface area contributed by atoms with Crippen molar-refractivity contribution >= 4 is 0 Å². The van der Waals surface area contributed by atoms with Crippen molar-refractivity contribution in [3.8, 4) is 0 Å². The highest BCUT2D eigenvalue weighted by molar-refractivity contribution is 5.12. The van der Waals surface area contributed by atoms with Gasteiger partial charge in [-0.15, -0.1) is 0 Å². The van der Waals surface area contributed by atoms with Gasteiger partial charge in [0.1, 0.15) is 0 Å². The second-order valence-corrected chi connectivity index (χ2v) is 5.53. The molecule has 2 atom stereocenters. The second-order valence-electron chi connectivity index (χ2n) is 5.53. The van der Waals surface area contributed by atoms with E-state index in [9.17, 15) is 0 Å². The van der Waals surface area contributed by atoms with Crippen LogP contribution in [0.3, 0.4) is 0 Å². The van der Waals surface area contributed by atoms with Gasteiger partial charge in [-0.3, -0.25) is 9.97 Å². The molecule has 2 unspecified atom stereocenters. The SMILES string of the molecule is Cc1nccnc1C(C)NC(CN(C)C)C(C)C. The van der Waals surface area contributed by atoms with Crippen molar-refractivity contribution in [1.29, 1.82) is 0 Å². The fourth-order valence-electron chi connectivity index (χ4n) is 2.09. The quantitative estimate of drug-likeness (QED) is 0.838. The van der Waals surface area contributed by atoms with Crippen molar-refractivity contribution in [2.45, 2.75) is 39.8 Å². The Balaban J connectivity index is 2.72. The lowest BCUT2D eigenvalue weighted by Crippen LogP contribution is -2.43. The molecule has 0 amide bonds. The van der Waals surface area contributed by atoms with Gasteiger partial charge >= 0.3 is 0 Å². The summed E-state index contributed by atoms with van der Waals surface area (Å²) in [6.45, 7) is 9.69. The van der Waals surface area contributed by atoms with Gasteiger partial charge in [0.2, 0.25) is 0 Å². The average molecular weight is 250 g/mol. The van der Waals surface area contributed by atoms with Crippen LogP contribution in [0.2, 0.25) is 0 Å². The number of aryl methyl sites for hydroxylation is 1. The zero-order valence-electron chi connectivity index (χ0n) is 12.4. The van der Waals surface area contributed by atoms with Gasteiger partial charge in [-0.05, 0) is 33.9 Å². The van der Waals surface area contributed by atoms with Gasteiger partial charge in [0.15, 0.2) is 0 Å². The standard InChI is InChI=1S/C14H26N4/c1-10(2)13(9-18(5)6)17-12(4)14-11(3)15-7-8-16-14/h7-8,10,12-13,17H,9H2,1-6H3. The van der Waals surface area contributed by atoms with Crippen LogP contribution in [0.1, 0.15) is 38.2 Å². The van der Waals surface area contributed by atoms with E-state index in [1.165, 1.54) is 0 Å². The molecule has 18 heavy (non-hydrogen) atoms. The Kier molecular flexibility index (Phi) is 5.69. The largest absolute Gasteiger partial charge is 0.308 e. The van der Waals surface area contributed by atoms with Crippen LogP contribution in [0.5, 0.6) is 0 Å². The Morgan fingerprint density at radius 2 is 1.78 bits per heavy atom. The summed E-state index contributed by atoms with van der Waals surface area (Å²) in [7, 11) is 4.21. The van der Waals surface area contributed by atoms with Crippen molar-refractivity contribution in [2.24, 2.45) is 5.92 Å². The highest BCUT2D eigenvalue weighted by Gasteiger charge is 2.19. The van der Waals surface area contributed by atoms with E-state index in [-0.39, 0.29) is 6.04 Å². The number of hydrogen-bond acceptors (Lipinski definition) is 4. The second kappa shape index (κ2) is 6.81. The van der Waals surface area contributed by atoms with Crippen molar-refractivity contribution < 1.29 is 0 Å². The smallest absolute Gasteiger partial charge is 0.0782 e. The molecule has 0 radical (unpaired) electrons. The monoisotopic (exact) mass is 250 g/mol. The molecule has 0 aromatic carbocycles. The van der Waals surface area contributed by atoms with Crippen LogP contribution in [0, 0.1) is 12.8 Å². The summed E-state index contributed by atoms with van der Waals surface area (Å²) in [5, 5.41) is 3.66. The summed E-state index contributed by atoms with van der Waals surface area (Å²) >= 11 is 0. The lowest BCUT2D eigenvalue weighted by molar-refractivity contribution is 0.272. The zero-order chi connectivity index (χ0) is 13.7. The van der Waals surface area contributed by atoms with E-state index < -0.39 is 0 Å². The molecule has 1 aromatic rings. The fourth-order valence-corrected chi connectivity index (χ4v) is 2.09. The molecule has 4 nitrogen and oxygen atoms in total. The molecule has 0 saturated carbocycles. The normalized spacial score (nSPS) is 15.1. The van der Waals surface area contributed by atoms with Crippen molar-refractivity contribution in [2.75, 3.05) is 20.6 Å². The minimum atomic E-state index is 0.228. The number of aromatic nitrogens is 2. The van der Waals surface area contributed by atoms with Crippen LogP contribution in [0.25, 0.3) is 0 Å². The number of nitrogens with zero attached hydrogens (tertiary/aromatic N) is 3. The molecule has 1 rings (SSSR count). The third-order valence-corrected chi connectivity index (χ3v) is 3.16. The highest BCUT2D eigenvalue weighted by Crippen LogP contribution is 2.15. The Hall–Kier alpha value is -1.00. The molecule has 102 valence electrons. The minimum Gasteiger partial charge on any atom is -0.308 e. The Morgan fingerprint density at radius 3 is 2.28 bits per heavy atom. The van der Waals surface area contributed by atoms with Gasteiger partial charge in [0, 0.05) is 31.0 Å². The predicted molar refractivity (Wildman–Crippen MR) is 75.5 cm³/mol. The van der Waals surface area contributed by atoms with Crippen molar-refractivity contribution in [3.05, 3.63) is 23.8 Å². The summed E-state index contributed by atoms with van der Waals surface area (Å²) in [5.41, 5.74) is 2.05. The first-order valence-electron chi connectivity index (χ1n) is 6.60. The number of likely N-dealkylation sites (N-methyl/N-ethyl adjacent to an activating group) is 1. The third-order valence-electron chi connectivity index (χ3n) is 3.16. The molecule has 0 aliphatic heterocycles. The first-order chi connectivity index (χ1) is 8.41. The van der Waals surface area contributed by atoms with Crippen molar-refractivity contribution in [3.63, 3.8) is 0 Å². The summed E-state index contributed by atoms with van der Waals surface area (Å²) in [6, 6.07) is 0.683. The van der Waals surface area contributed by atoms with E-state index in [4.69, 9.17) is 0 Å². The molecule has 4 heteroatoms. The third kappa shape index (κ3) is 4.35. The molecular weight excluding hydrogens is 224 g/mol. The molecule has 0 fully saturated rings. The zero-order valence-corrected chi connectivity index (χ0v) is 12.4. The van der Waals surface area contributed by atoms with Crippen LogP contribution in [-0.2, 0) is 0 Å². The summed E-state index contributed by atoms with van der Waals surface area (Å²) in [5.74, 6) is 0.590. The van der Waals surface area contributed by atoms with Crippen LogP contribution in [-0.4, -0.2) is 41.5 Å². The molecule has 0 saturated heterocycles. The topological polar surface area (TPSA) is 41.1 Å². The van der Waals surface area contributed by atoms with E-state index in [2.05, 4.69) is 55.1 Å².